The van der Waals surface area contributed by atoms with Crippen molar-refractivity contribution in [2.24, 2.45) is 5.92 Å². The van der Waals surface area contributed by atoms with Crippen molar-refractivity contribution in [3.63, 3.8) is 0 Å². The van der Waals surface area contributed by atoms with E-state index in [0.717, 1.165) is 41.5 Å². The molecule has 1 atom stereocenters. The van der Waals surface area contributed by atoms with Gasteiger partial charge in [-0.3, -0.25) is 0 Å². The standard InChI is InChI=1S/C16H25Cl2NO/c1-4-12(5-2)13(11-19-9-10-20-3)16-14(17)7-6-8-15(16)18/h6-8,12-13,19H,4-5,9-11H2,1-3H3. The number of nitrogens with one attached hydrogen (secondary N) is 1. The van der Waals surface area contributed by atoms with E-state index in [1.165, 1.54) is 0 Å². The molecule has 0 aromatic heterocycles. The molecule has 0 aliphatic heterocycles. The lowest BCUT2D eigenvalue weighted by atomic mass is 9.82. The summed E-state index contributed by atoms with van der Waals surface area (Å²) in [6.07, 6.45) is 2.24. The van der Waals surface area contributed by atoms with Crippen LogP contribution in [0.2, 0.25) is 10.0 Å². The van der Waals surface area contributed by atoms with Gasteiger partial charge in [0.05, 0.1) is 6.61 Å². The third-order valence-electron chi connectivity index (χ3n) is 3.84. The van der Waals surface area contributed by atoms with Crippen molar-refractivity contribution in [1.82, 2.24) is 5.32 Å². The highest BCUT2D eigenvalue weighted by Crippen LogP contribution is 2.37. The highest BCUT2D eigenvalue weighted by molar-refractivity contribution is 6.36. The van der Waals surface area contributed by atoms with E-state index in [1.54, 1.807) is 7.11 Å². The highest BCUT2D eigenvalue weighted by Gasteiger charge is 2.24. The van der Waals surface area contributed by atoms with Gasteiger partial charge in [-0.25, -0.2) is 0 Å². The van der Waals surface area contributed by atoms with E-state index in [-0.39, 0.29) is 0 Å². The van der Waals surface area contributed by atoms with Gasteiger partial charge < -0.3 is 10.1 Å². The van der Waals surface area contributed by atoms with Crippen molar-refractivity contribution in [3.05, 3.63) is 33.8 Å². The SMILES string of the molecule is CCC(CC)C(CNCCOC)c1c(Cl)cccc1Cl. The van der Waals surface area contributed by atoms with Crippen molar-refractivity contribution in [1.29, 1.82) is 0 Å². The van der Waals surface area contributed by atoms with Crippen molar-refractivity contribution >= 4 is 23.2 Å². The van der Waals surface area contributed by atoms with Crippen LogP contribution in [0, 0.1) is 5.92 Å². The molecule has 1 aromatic carbocycles. The Morgan fingerprint density at radius 3 is 2.25 bits per heavy atom. The second-order valence-corrected chi connectivity index (χ2v) is 5.83. The first-order valence-corrected chi connectivity index (χ1v) is 8.04. The Morgan fingerprint density at radius 1 is 1.15 bits per heavy atom. The Morgan fingerprint density at radius 2 is 1.75 bits per heavy atom. The fourth-order valence-electron chi connectivity index (χ4n) is 2.66. The lowest BCUT2D eigenvalue weighted by Gasteiger charge is -2.28. The number of ether oxygens (including phenoxy) is 1. The number of hydrogen-bond acceptors (Lipinski definition) is 2. The molecule has 4 heteroatoms. The predicted molar refractivity (Wildman–Crippen MR) is 88.0 cm³/mol. The monoisotopic (exact) mass is 317 g/mol. The molecule has 0 saturated carbocycles. The number of hydrogen-bond donors (Lipinski definition) is 1. The summed E-state index contributed by atoms with van der Waals surface area (Å²) in [5.41, 5.74) is 1.08. The maximum absolute atomic E-state index is 6.39. The van der Waals surface area contributed by atoms with Crippen LogP contribution in [0.15, 0.2) is 18.2 Å². The molecule has 0 saturated heterocycles. The molecule has 0 spiro atoms. The van der Waals surface area contributed by atoms with Gasteiger partial charge in [-0.05, 0) is 23.6 Å². The molecule has 0 amide bonds. The first kappa shape index (κ1) is 17.8. The number of benzene rings is 1. The van der Waals surface area contributed by atoms with Gasteiger partial charge in [0.2, 0.25) is 0 Å². The fraction of sp³-hybridized carbons (Fsp3) is 0.625. The average molecular weight is 318 g/mol. The first-order valence-electron chi connectivity index (χ1n) is 7.29. The summed E-state index contributed by atoms with van der Waals surface area (Å²) in [6.45, 7) is 6.88. The Bertz CT molecular complexity index is 374. The summed E-state index contributed by atoms with van der Waals surface area (Å²) < 4.78 is 5.08. The Labute approximate surface area is 132 Å². The van der Waals surface area contributed by atoms with Crippen molar-refractivity contribution in [2.75, 3.05) is 26.8 Å². The quantitative estimate of drug-likeness (QED) is 0.664. The van der Waals surface area contributed by atoms with Crippen molar-refractivity contribution in [3.8, 4) is 0 Å². The van der Waals surface area contributed by atoms with E-state index in [4.69, 9.17) is 27.9 Å². The summed E-state index contributed by atoms with van der Waals surface area (Å²) in [5, 5.41) is 4.98. The van der Waals surface area contributed by atoms with E-state index in [1.807, 2.05) is 18.2 Å². The number of methoxy groups -OCH3 is 1. The van der Waals surface area contributed by atoms with E-state index in [9.17, 15) is 0 Å². The third-order valence-corrected chi connectivity index (χ3v) is 4.49. The third kappa shape index (κ3) is 4.92. The number of rotatable bonds is 9. The molecule has 114 valence electrons. The van der Waals surface area contributed by atoms with Crippen LogP contribution in [0.1, 0.15) is 38.2 Å². The van der Waals surface area contributed by atoms with Gasteiger partial charge in [-0.15, -0.1) is 0 Å². The molecule has 0 aliphatic rings. The molecule has 1 rings (SSSR count). The molecule has 0 heterocycles. The maximum atomic E-state index is 6.39. The predicted octanol–water partition coefficient (Wildman–Crippen LogP) is 4.75. The van der Waals surface area contributed by atoms with Gasteiger partial charge in [0.1, 0.15) is 0 Å². The molecule has 1 aromatic rings. The van der Waals surface area contributed by atoms with Crippen LogP contribution in [-0.4, -0.2) is 26.8 Å². The Hall–Kier alpha value is -0.280. The van der Waals surface area contributed by atoms with Crippen molar-refractivity contribution in [2.45, 2.75) is 32.6 Å². The van der Waals surface area contributed by atoms with Crippen molar-refractivity contribution < 1.29 is 4.74 Å². The zero-order chi connectivity index (χ0) is 15.0. The van der Waals surface area contributed by atoms with Crippen LogP contribution >= 0.6 is 23.2 Å². The molecule has 1 unspecified atom stereocenters. The first-order chi connectivity index (χ1) is 9.65. The van der Waals surface area contributed by atoms with Gasteiger partial charge in [0, 0.05) is 36.2 Å². The Balaban J connectivity index is 2.91. The summed E-state index contributed by atoms with van der Waals surface area (Å²) in [6, 6.07) is 5.75. The normalized spacial score (nSPS) is 12.9. The lowest BCUT2D eigenvalue weighted by Crippen LogP contribution is -2.29. The minimum absolute atomic E-state index is 0.336. The van der Waals surface area contributed by atoms with E-state index >= 15 is 0 Å². The van der Waals surface area contributed by atoms with E-state index in [2.05, 4.69) is 19.2 Å². The van der Waals surface area contributed by atoms with Gasteiger partial charge in [-0.2, -0.15) is 0 Å². The molecular formula is C16H25Cl2NO. The van der Waals surface area contributed by atoms with E-state index < -0.39 is 0 Å². The van der Waals surface area contributed by atoms with E-state index in [0.29, 0.717) is 18.4 Å². The zero-order valence-electron chi connectivity index (χ0n) is 12.6. The summed E-state index contributed by atoms with van der Waals surface area (Å²) in [5.74, 6) is 0.908. The van der Waals surface area contributed by atoms with Crippen LogP contribution < -0.4 is 5.32 Å². The molecule has 0 bridgehead atoms. The largest absolute Gasteiger partial charge is 0.383 e. The number of halogens is 2. The minimum atomic E-state index is 0.336. The minimum Gasteiger partial charge on any atom is -0.383 e. The highest BCUT2D eigenvalue weighted by atomic mass is 35.5. The lowest BCUT2D eigenvalue weighted by molar-refractivity contribution is 0.197. The second kappa shape index (κ2) is 9.62. The maximum Gasteiger partial charge on any atom is 0.0587 e. The van der Waals surface area contributed by atoms with Crippen LogP contribution in [-0.2, 0) is 4.74 Å². The molecule has 0 radical (unpaired) electrons. The van der Waals surface area contributed by atoms with Crippen LogP contribution in [0.3, 0.4) is 0 Å². The molecule has 2 nitrogen and oxygen atoms in total. The van der Waals surface area contributed by atoms with Gasteiger partial charge in [0.15, 0.2) is 0 Å². The smallest absolute Gasteiger partial charge is 0.0587 e. The molecule has 1 N–H and O–H groups in total. The van der Waals surface area contributed by atoms with Crippen LogP contribution in [0.4, 0.5) is 0 Å². The van der Waals surface area contributed by atoms with Crippen LogP contribution in [0.5, 0.6) is 0 Å². The molecule has 20 heavy (non-hydrogen) atoms. The summed E-state index contributed by atoms with van der Waals surface area (Å²) >= 11 is 12.8. The van der Waals surface area contributed by atoms with Gasteiger partial charge in [-0.1, -0.05) is 56.0 Å². The van der Waals surface area contributed by atoms with Gasteiger partial charge >= 0.3 is 0 Å². The molecular weight excluding hydrogens is 293 g/mol. The topological polar surface area (TPSA) is 21.3 Å². The second-order valence-electron chi connectivity index (χ2n) is 5.02. The Kier molecular flexibility index (Phi) is 8.55. The fourth-order valence-corrected chi connectivity index (χ4v) is 3.34. The van der Waals surface area contributed by atoms with Gasteiger partial charge in [0.25, 0.3) is 0 Å². The summed E-state index contributed by atoms with van der Waals surface area (Å²) in [4.78, 5) is 0. The molecule has 0 fully saturated rings. The molecule has 0 aliphatic carbocycles. The summed E-state index contributed by atoms with van der Waals surface area (Å²) in [7, 11) is 1.71. The zero-order valence-corrected chi connectivity index (χ0v) is 14.1. The average Bonchev–Trinajstić information content (AvgIpc) is 2.43. The van der Waals surface area contributed by atoms with Crippen LogP contribution in [0.25, 0.3) is 0 Å².